The standard InChI is InChI=1S/C16H21NOS/c1-4-17-16(13-10-11-19-12(13)3)14-8-6-7-9-15(14)18-5-2/h6-11,16-17H,4-5H2,1-3H3. The summed E-state index contributed by atoms with van der Waals surface area (Å²) in [5.41, 5.74) is 2.56. The molecule has 1 atom stereocenters. The van der Waals surface area contributed by atoms with Crippen molar-refractivity contribution in [3.8, 4) is 5.75 Å². The Morgan fingerprint density at radius 2 is 1.95 bits per heavy atom. The smallest absolute Gasteiger partial charge is 0.124 e. The van der Waals surface area contributed by atoms with Crippen LogP contribution < -0.4 is 10.1 Å². The van der Waals surface area contributed by atoms with Gasteiger partial charge in [0.1, 0.15) is 5.75 Å². The second-order valence-electron chi connectivity index (χ2n) is 4.39. The maximum absolute atomic E-state index is 5.77. The fraction of sp³-hybridized carbons (Fsp3) is 0.375. The Morgan fingerprint density at radius 1 is 1.16 bits per heavy atom. The first kappa shape index (κ1) is 14.1. The molecule has 2 nitrogen and oxygen atoms in total. The van der Waals surface area contributed by atoms with Crippen molar-refractivity contribution in [3.63, 3.8) is 0 Å². The molecule has 1 unspecified atom stereocenters. The van der Waals surface area contributed by atoms with Crippen LogP contribution in [-0.2, 0) is 0 Å². The van der Waals surface area contributed by atoms with Crippen LogP contribution in [0.4, 0.5) is 0 Å². The lowest BCUT2D eigenvalue weighted by Crippen LogP contribution is -2.22. The molecule has 1 N–H and O–H groups in total. The average molecular weight is 275 g/mol. The van der Waals surface area contributed by atoms with Gasteiger partial charge in [-0.1, -0.05) is 25.1 Å². The SMILES string of the molecule is CCNC(c1ccccc1OCC)c1ccsc1C. The van der Waals surface area contributed by atoms with Gasteiger partial charge >= 0.3 is 0 Å². The summed E-state index contributed by atoms with van der Waals surface area (Å²) in [6.45, 7) is 7.96. The number of benzene rings is 1. The lowest BCUT2D eigenvalue weighted by atomic mass is 9.98. The second kappa shape index (κ2) is 6.73. The molecule has 1 heterocycles. The first-order chi connectivity index (χ1) is 9.27. The lowest BCUT2D eigenvalue weighted by Gasteiger charge is -2.21. The largest absolute Gasteiger partial charge is 0.494 e. The number of thiophene rings is 1. The van der Waals surface area contributed by atoms with E-state index in [1.54, 1.807) is 11.3 Å². The van der Waals surface area contributed by atoms with Gasteiger partial charge in [0.25, 0.3) is 0 Å². The summed E-state index contributed by atoms with van der Waals surface area (Å²) in [6, 6.07) is 10.7. The second-order valence-corrected chi connectivity index (χ2v) is 5.51. The summed E-state index contributed by atoms with van der Waals surface area (Å²) >= 11 is 1.79. The van der Waals surface area contributed by atoms with Crippen LogP contribution in [0.25, 0.3) is 0 Å². The molecule has 3 heteroatoms. The Bertz CT molecular complexity index is 521. The van der Waals surface area contributed by atoms with E-state index in [-0.39, 0.29) is 6.04 Å². The molecule has 0 amide bonds. The quantitative estimate of drug-likeness (QED) is 0.855. The normalized spacial score (nSPS) is 12.4. The Balaban J connectivity index is 2.42. The summed E-state index contributed by atoms with van der Waals surface area (Å²) in [7, 11) is 0. The number of hydrogen-bond donors (Lipinski definition) is 1. The molecule has 0 saturated carbocycles. The number of hydrogen-bond acceptors (Lipinski definition) is 3. The average Bonchev–Trinajstić information content (AvgIpc) is 2.84. The van der Waals surface area contributed by atoms with Crippen molar-refractivity contribution >= 4 is 11.3 Å². The molecule has 0 fully saturated rings. The van der Waals surface area contributed by atoms with Gasteiger partial charge in [0.15, 0.2) is 0 Å². The van der Waals surface area contributed by atoms with Crippen LogP contribution in [0.5, 0.6) is 5.75 Å². The minimum atomic E-state index is 0.207. The van der Waals surface area contributed by atoms with E-state index in [2.05, 4.69) is 42.7 Å². The molecule has 0 bridgehead atoms. The third-order valence-corrected chi connectivity index (χ3v) is 4.01. The predicted molar refractivity (Wildman–Crippen MR) is 82.2 cm³/mol. The summed E-state index contributed by atoms with van der Waals surface area (Å²) in [5.74, 6) is 0.974. The van der Waals surface area contributed by atoms with Gasteiger partial charge < -0.3 is 10.1 Å². The third kappa shape index (κ3) is 3.17. The van der Waals surface area contributed by atoms with Crippen molar-refractivity contribution in [3.05, 3.63) is 51.7 Å². The van der Waals surface area contributed by atoms with Gasteiger partial charge in [0.2, 0.25) is 0 Å². The van der Waals surface area contributed by atoms with Gasteiger partial charge in [0, 0.05) is 10.4 Å². The van der Waals surface area contributed by atoms with Crippen molar-refractivity contribution in [1.29, 1.82) is 0 Å². The Labute approximate surface area is 119 Å². The molecule has 102 valence electrons. The first-order valence-electron chi connectivity index (χ1n) is 6.77. The number of aryl methyl sites for hydroxylation is 1. The van der Waals surface area contributed by atoms with E-state index in [9.17, 15) is 0 Å². The van der Waals surface area contributed by atoms with Crippen LogP contribution in [-0.4, -0.2) is 13.2 Å². The zero-order valence-corrected chi connectivity index (χ0v) is 12.6. The van der Waals surface area contributed by atoms with E-state index in [1.807, 2.05) is 19.1 Å². The van der Waals surface area contributed by atoms with Crippen molar-refractivity contribution < 1.29 is 4.74 Å². The van der Waals surface area contributed by atoms with Gasteiger partial charge in [-0.15, -0.1) is 11.3 Å². The molecule has 19 heavy (non-hydrogen) atoms. The minimum absolute atomic E-state index is 0.207. The van der Waals surface area contributed by atoms with Crippen LogP contribution >= 0.6 is 11.3 Å². The molecule has 0 aliphatic rings. The first-order valence-corrected chi connectivity index (χ1v) is 7.65. The maximum Gasteiger partial charge on any atom is 0.124 e. The molecular weight excluding hydrogens is 254 g/mol. The zero-order valence-electron chi connectivity index (χ0n) is 11.8. The van der Waals surface area contributed by atoms with Crippen molar-refractivity contribution in [2.75, 3.05) is 13.2 Å². The number of para-hydroxylation sites is 1. The van der Waals surface area contributed by atoms with Crippen LogP contribution in [0.3, 0.4) is 0 Å². The van der Waals surface area contributed by atoms with Crippen LogP contribution in [0.2, 0.25) is 0 Å². The highest BCUT2D eigenvalue weighted by Gasteiger charge is 2.19. The highest BCUT2D eigenvalue weighted by Crippen LogP contribution is 2.33. The monoisotopic (exact) mass is 275 g/mol. The van der Waals surface area contributed by atoms with Crippen LogP contribution in [0.15, 0.2) is 35.7 Å². The fourth-order valence-corrected chi connectivity index (χ4v) is 3.03. The maximum atomic E-state index is 5.77. The van der Waals surface area contributed by atoms with E-state index in [4.69, 9.17) is 4.74 Å². The molecule has 1 aromatic carbocycles. The Kier molecular flexibility index (Phi) is 5.00. The lowest BCUT2D eigenvalue weighted by molar-refractivity contribution is 0.333. The van der Waals surface area contributed by atoms with Crippen molar-refractivity contribution in [1.82, 2.24) is 5.32 Å². The highest BCUT2D eigenvalue weighted by atomic mass is 32.1. The molecule has 0 radical (unpaired) electrons. The summed E-state index contributed by atoms with van der Waals surface area (Å²) < 4.78 is 5.77. The summed E-state index contributed by atoms with van der Waals surface area (Å²) in [5, 5.41) is 5.72. The van der Waals surface area contributed by atoms with Crippen molar-refractivity contribution in [2.24, 2.45) is 0 Å². The fourth-order valence-electron chi connectivity index (χ4n) is 2.29. The molecule has 2 rings (SSSR count). The number of nitrogens with one attached hydrogen (secondary N) is 1. The van der Waals surface area contributed by atoms with Gasteiger partial charge in [-0.2, -0.15) is 0 Å². The summed E-state index contributed by atoms with van der Waals surface area (Å²) in [4.78, 5) is 1.36. The third-order valence-electron chi connectivity index (χ3n) is 3.15. The van der Waals surface area contributed by atoms with Gasteiger partial charge in [0.05, 0.1) is 12.6 Å². The number of ether oxygens (including phenoxy) is 1. The van der Waals surface area contributed by atoms with E-state index in [0.717, 1.165) is 12.3 Å². The topological polar surface area (TPSA) is 21.3 Å². The van der Waals surface area contributed by atoms with Gasteiger partial charge in [-0.3, -0.25) is 0 Å². The number of rotatable bonds is 6. The molecule has 0 spiro atoms. The molecule has 0 saturated heterocycles. The highest BCUT2D eigenvalue weighted by molar-refractivity contribution is 7.10. The van der Waals surface area contributed by atoms with E-state index < -0.39 is 0 Å². The molecule has 0 aliphatic carbocycles. The van der Waals surface area contributed by atoms with Gasteiger partial charge in [-0.05, 0) is 43.5 Å². The van der Waals surface area contributed by atoms with Crippen LogP contribution in [0.1, 0.15) is 35.9 Å². The van der Waals surface area contributed by atoms with Crippen LogP contribution in [0, 0.1) is 6.92 Å². The molecule has 1 aromatic heterocycles. The molecule has 2 aromatic rings. The predicted octanol–water partition coefficient (Wildman–Crippen LogP) is 4.15. The Hall–Kier alpha value is -1.32. The van der Waals surface area contributed by atoms with E-state index in [0.29, 0.717) is 6.61 Å². The zero-order chi connectivity index (χ0) is 13.7. The van der Waals surface area contributed by atoms with E-state index >= 15 is 0 Å². The molecular formula is C16H21NOS. The Morgan fingerprint density at radius 3 is 2.58 bits per heavy atom. The van der Waals surface area contributed by atoms with E-state index in [1.165, 1.54) is 16.0 Å². The van der Waals surface area contributed by atoms with Crippen molar-refractivity contribution in [2.45, 2.75) is 26.8 Å². The summed E-state index contributed by atoms with van der Waals surface area (Å²) in [6.07, 6.45) is 0. The molecule has 0 aliphatic heterocycles. The minimum Gasteiger partial charge on any atom is -0.494 e. The van der Waals surface area contributed by atoms with Gasteiger partial charge in [-0.25, -0.2) is 0 Å².